The van der Waals surface area contributed by atoms with Crippen molar-refractivity contribution in [3.8, 4) is 0 Å². The molecule has 7 aliphatic heterocycles. The Morgan fingerprint density at radius 1 is 0.319 bits per heavy atom. The fourth-order valence-electron chi connectivity index (χ4n) is 16.7. The summed E-state index contributed by atoms with van der Waals surface area (Å²) in [6, 6.07) is 0. The zero-order valence-electron chi connectivity index (χ0n) is 76.0. The van der Waals surface area contributed by atoms with Crippen molar-refractivity contribution in [1.29, 1.82) is 0 Å². The first-order valence-corrected chi connectivity index (χ1v) is 61.5. The van der Waals surface area contributed by atoms with E-state index in [9.17, 15) is 82.2 Å². The fraction of sp³-hybridized carbons (Fsp3) is 0.583. The Bertz CT molecular complexity index is 7400. The van der Waals surface area contributed by atoms with Crippen LogP contribution in [0.15, 0.2) is 104 Å². The molecule has 144 heavy (non-hydrogen) atoms. The molecule has 7 fully saturated rings. The zero-order chi connectivity index (χ0) is 104. The lowest BCUT2D eigenvalue weighted by Crippen LogP contribution is -2.33. The number of ether oxygens (including phenoxy) is 7. The van der Waals surface area contributed by atoms with Crippen molar-refractivity contribution in [2.75, 3.05) is 58.2 Å². The van der Waals surface area contributed by atoms with Crippen molar-refractivity contribution in [2.45, 2.75) is 222 Å². The SMILES string of the molecule is CC[C@H]1O[C@@H](n2cnc3c(N)ncnc32)CC1OP(O)(=S)OC[C@H]1O[C@@H](n2cc(C)c(=O)[nH]c2=O)CC1OP(O)(=S)OC[C@H]1O[C@@H](n2cnc3c(N)ncnc32)CC1OP(O)(=S)OC[C@H]1O[C@@H](n2cc(C)c(=O)[nH]c2=O)CC1OP(O)(=S)OC[C@H]1O[C@@H](n2cc(C)c(=O)[nH]c2=O)CC1OP(O)(=S)OC[C@H]1O[C@@H](n2cc(C)c(=O)[nH]c2=O)CC1OP(O)(=S)OC[C@H]1O[C@@H](n2cc(C)c(=O)[nH]c2=O)CC1OP(O)(=S)OC. The number of hydrogen-bond acceptors (Lipinski definition) is 46. The Hall–Kier alpha value is -6.47. The van der Waals surface area contributed by atoms with Gasteiger partial charge in [-0.1, -0.05) is 6.92 Å². The first-order valence-electron chi connectivity index (χ1n) is 43.3. The maximum absolute atomic E-state index is 13.6. The molecule has 7 saturated heterocycles. The van der Waals surface area contributed by atoms with Gasteiger partial charge in [-0.15, -0.1) is 0 Å². The van der Waals surface area contributed by atoms with E-state index in [1.807, 2.05) is 6.92 Å². The first-order chi connectivity index (χ1) is 67.8. The summed E-state index contributed by atoms with van der Waals surface area (Å²) < 4.78 is 136. The number of hydrogen-bond donors (Lipinski definition) is 14. The summed E-state index contributed by atoms with van der Waals surface area (Å²) in [7, 11) is 1.09. The van der Waals surface area contributed by atoms with Crippen LogP contribution in [0.5, 0.6) is 0 Å². The molecule has 0 bridgehead atoms. The minimum atomic E-state index is -4.79. The van der Waals surface area contributed by atoms with E-state index >= 15 is 0 Å². The molecule has 72 heteroatoms. The molecule has 0 amide bonds. The van der Waals surface area contributed by atoms with Gasteiger partial charge in [0, 0.05) is 111 Å². The van der Waals surface area contributed by atoms with Crippen LogP contribution >= 0.6 is 47.0 Å². The molecular formula is C72H95N20O38P7S7. The third-order valence-corrected chi connectivity index (χ3v) is 35.1. The van der Waals surface area contributed by atoms with Gasteiger partial charge in [-0.2, -0.15) is 0 Å². The van der Waals surface area contributed by atoms with Gasteiger partial charge in [0.2, 0.25) is 0 Å². The number of nitrogens with two attached hydrogens (primary N) is 2. The second-order valence-corrected chi connectivity index (χ2v) is 53.4. The van der Waals surface area contributed by atoms with Gasteiger partial charge >= 0.3 is 75.5 Å². The molecule has 0 spiro atoms. The van der Waals surface area contributed by atoms with Gasteiger partial charge in [-0.3, -0.25) is 80.9 Å². The highest BCUT2D eigenvalue weighted by atomic mass is 32.5. The van der Waals surface area contributed by atoms with Crippen LogP contribution in [-0.2, 0) is 179 Å². The normalized spacial score (nSPS) is 29.7. The van der Waals surface area contributed by atoms with E-state index < -0.39 is 285 Å². The maximum atomic E-state index is 13.6. The van der Waals surface area contributed by atoms with Crippen molar-refractivity contribution in [3.05, 3.63) is 188 Å². The van der Waals surface area contributed by atoms with E-state index in [1.54, 1.807) is 4.57 Å². The Labute approximate surface area is 844 Å². The third-order valence-electron chi connectivity index (χ3n) is 23.9. The second kappa shape index (κ2) is 44.4. The number of aryl methyl sites for hydroxylation is 5. The van der Waals surface area contributed by atoms with Gasteiger partial charge in [0.25, 0.3) is 27.8 Å². The lowest BCUT2D eigenvalue weighted by molar-refractivity contribution is -0.0579. The van der Waals surface area contributed by atoms with Crippen molar-refractivity contribution < 1.29 is 131 Å². The van der Waals surface area contributed by atoms with Crippen LogP contribution in [0.4, 0.5) is 11.6 Å². The lowest BCUT2D eigenvalue weighted by atomic mass is 10.1. The number of anilines is 2. The van der Waals surface area contributed by atoms with Crippen LogP contribution in [-0.4, -0.2) is 253 Å². The van der Waals surface area contributed by atoms with Crippen molar-refractivity contribution in [1.82, 2.24) is 86.8 Å². The van der Waals surface area contributed by atoms with E-state index in [0.29, 0.717) is 17.6 Å². The molecule has 9 aromatic rings. The highest BCUT2D eigenvalue weighted by Crippen LogP contribution is 2.59. The highest BCUT2D eigenvalue weighted by molar-refractivity contribution is 8.09. The maximum Gasteiger partial charge on any atom is 0.330 e. The molecule has 14 unspecified atom stereocenters. The molecule has 0 saturated carbocycles. The first kappa shape index (κ1) is 110. The van der Waals surface area contributed by atoms with Crippen LogP contribution in [0.3, 0.4) is 0 Å². The number of H-pyrrole nitrogens is 5. The molecule has 16 rings (SSSR count). The second-order valence-electron chi connectivity index (χ2n) is 33.8. The van der Waals surface area contributed by atoms with Gasteiger partial charge < -0.3 is 142 Å². The van der Waals surface area contributed by atoms with Crippen molar-refractivity contribution in [3.63, 3.8) is 0 Å². The number of aromatic nitrogens is 18. The molecular weight excluding hydrogens is 2190 g/mol. The van der Waals surface area contributed by atoms with Crippen molar-refractivity contribution >= 4 is 164 Å². The Morgan fingerprint density at radius 3 is 0.722 bits per heavy atom. The smallest absolute Gasteiger partial charge is 0.330 e. The van der Waals surface area contributed by atoms with Crippen LogP contribution in [0.25, 0.3) is 22.3 Å². The van der Waals surface area contributed by atoms with E-state index in [0.717, 1.165) is 48.7 Å². The number of fused-ring (bicyclic) bond motifs is 2. The Kier molecular flexibility index (Phi) is 34.0. The van der Waals surface area contributed by atoms with E-state index in [-0.39, 0.29) is 82.7 Å². The van der Waals surface area contributed by atoms with Gasteiger partial charge in [0.15, 0.2) is 22.9 Å². The van der Waals surface area contributed by atoms with Gasteiger partial charge in [-0.05, 0) is 124 Å². The molecule has 9 aromatic heterocycles. The van der Waals surface area contributed by atoms with Gasteiger partial charge in [0.1, 0.15) is 104 Å². The summed E-state index contributed by atoms with van der Waals surface area (Å²) in [5.41, 5.74) is 5.24. The molecule has 28 atom stereocenters. The van der Waals surface area contributed by atoms with Crippen LogP contribution in [0.2, 0.25) is 0 Å². The van der Waals surface area contributed by atoms with Crippen LogP contribution in [0, 0.1) is 34.6 Å². The molecule has 0 radical (unpaired) electrons. The average molecular weight is 2290 g/mol. The topological polar surface area (TPSA) is 749 Å². The predicted octanol–water partition coefficient (Wildman–Crippen LogP) is 0.506. The number of nitrogen functional groups attached to an aromatic ring is 2. The van der Waals surface area contributed by atoms with Gasteiger partial charge in [0.05, 0.1) is 101 Å². The van der Waals surface area contributed by atoms with E-state index in [2.05, 4.69) is 54.8 Å². The van der Waals surface area contributed by atoms with Crippen molar-refractivity contribution in [2.24, 2.45) is 0 Å². The molecule has 0 aliphatic carbocycles. The average Bonchev–Trinajstić information content (AvgIpc) is 1.60. The number of nitrogens with zero attached hydrogens (tertiary/aromatic N) is 13. The van der Waals surface area contributed by atoms with E-state index in [1.165, 1.54) is 76.8 Å². The summed E-state index contributed by atoms with van der Waals surface area (Å²) in [6.07, 6.45) is -17.5. The largest absolute Gasteiger partial charge is 0.382 e. The number of rotatable bonds is 41. The summed E-state index contributed by atoms with van der Waals surface area (Å²) >= 11 is 38.8. The summed E-state index contributed by atoms with van der Waals surface area (Å²) in [5, 5.41) is 0. The third kappa shape index (κ3) is 25.9. The van der Waals surface area contributed by atoms with Crippen LogP contribution in [0.1, 0.15) is 130 Å². The fourth-order valence-corrected chi connectivity index (χ4v) is 26.6. The number of aromatic amines is 5. The number of imidazole rings is 2. The Morgan fingerprint density at radius 2 is 0.514 bits per heavy atom. The highest BCUT2D eigenvalue weighted by Gasteiger charge is 2.52. The number of nitrogens with one attached hydrogen (secondary N) is 5. The molecule has 58 nitrogen and oxygen atoms in total. The minimum absolute atomic E-state index is 0.0157. The quantitative estimate of drug-likeness (QED) is 0.0232. The zero-order valence-corrected chi connectivity index (χ0v) is 87.9. The molecule has 16 N–H and O–H groups in total. The molecule has 16 heterocycles. The standard InChI is InChI=1S/C72H95N20O38P7S7/c1-8-36-37(9-55(117-36)91-29-79-57-59(73)75-27-77-61(57)91)125-132(104,139)111-22-45-39(11-51(119-45)87-17-32(3)64(94)82-69(87)99)129-136(108,143)116-26-49-43(15-56(123-49)92-30-80-58-60(74)76-28-78-62(58)92)130-137(109,144)115-25-48-42(14-54(122-48)90-20-35(6)67(97)85-72(90)102)128-135(107,142)114-24-47-41(13-53(121-47)89-19-34(5)66(96)84-71(89)101)127-134(106,141)113-23-46-40(12-52(120-46)88-18-33(4)65(95)83-70(88)100)126-133(105,140)112-21-44-38(124-131(103,138)110-7)10-50(118-44)86-16-31(2)63(93)81-68(86)98/h16-20,27-30,36-56H,8-15,21-26H2,1-7H3,(H,103,138)(H,104,139)(H,105,140)(H,106,141)(H,107,142)(H,108,143)(H,109,144)(H2,73,75,77)(H2,74,76,78)(H,81,93,98)(H,82,94,99)(H,83,95,100)(H,84,96,101)(H,85,97,102)/t36-,37?,38?,39?,40?,41?,42?,43?,44-,45-,46-,47-,48-,49-,50-,51-,52-,53-,54-,55-,56-,131?,132?,133?,134?,135?,136?,137?/m1/s1. The molecule has 788 valence electrons. The predicted molar refractivity (Wildman–Crippen MR) is 522 cm³/mol. The molecule has 0 aromatic carbocycles. The monoisotopic (exact) mass is 2290 g/mol. The van der Waals surface area contributed by atoms with Crippen LogP contribution < -0.4 is 67.7 Å². The Balaban J connectivity index is 0.605. The molecule has 7 aliphatic rings. The summed E-state index contributed by atoms with van der Waals surface area (Å²) in [5.74, 6) is 0.121. The summed E-state index contributed by atoms with van der Waals surface area (Å²) in [6.45, 7) is -27.5. The summed E-state index contributed by atoms with van der Waals surface area (Å²) in [4.78, 5) is 249. The lowest BCUT2D eigenvalue weighted by Gasteiger charge is -2.29. The van der Waals surface area contributed by atoms with E-state index in [4.69, 9.17) is 191 Å². The van der Waals surface area contributed by atoms with Gasteiger partial charge in [-0.25, -0.2) is 53.9 Å². The minimum Gasteiger partial charge on any atom is -0.382 e.